The fourth-order valence-electron chi connectivity index (χ4n) is 3.12. The van der Waals surface area contributed by atoms with Gasteiger partial charge in [0.1, 0.15) is 23.4 Å². The molecule has 4 rings (SSSR count). The van der Waals surface area contributed by atoms with E-state index in [0.29, 0.717) is 13.1 Å². The third kappa shape index (κ3) is 2.36. The highest BCUT2D eigenvalue weighted by Crippen LogP contribution is 2.21. The van der Waals surface area contributed by atoms with Gasteiger partial charge in [0.15, 0.2) is 5.82 Å². The molecule has 0 saturated carbocycles. The Morgan fingerprint density at radius 3 is 2.61 bits per heavy atom. The lowest BCUT2D eigenvalue weighted by molar-refractivity contribution is -0.134. The zero-order chi connectivity index (χ0) is 16.0. The Morgan fingerprint density at radius 2 is 1.91 bits per heavy atom. The van der Waals surface area contributed by atoms with E-state index in [-0.39, 0.29) is 18.5 Å². The first kappa shape index (κ1) is 13.9. The van der Waals surface area contributed by atoms with Crippen molar-refractivity contribution >= 4 is 16.9 Å². The molecule has 2 aromatic heterocycles. The summed E-state index contributed by atoms with van der Waals surface area (Å²) in [7, 11) is 0. The number of carbonyl (C=O) groups excluding carboxylic acids is 1. The van der Waals surface area contributed by atoms with Gasteiger partial charge >= 0.3 is 0 Å². The predicted octanol–water partition coefficient (Wildman–Crippen LogP) is 0.935. The number of hydrogen-bond donors (Lipinski definition) is 0. The van der Waals surface area contributed by atoms with Crippen molar-refractivity contribution in [3.63, 3.8) is 0 Å². The van der Waals surface area contributed by atoms with Crippen molar-refractivity contribution in [1.82, 2.24) is 34.7 Å². The molecule has 8 heteroatoms. The van der Waals surface area contributed by atoms with Crippen LogP contribution in [0.1, 0.15) is 24.6 Å². The highest BCUT2D eigenvalue weighted by molar-refractivity contribution is 5.77. The fraction of sp³-hybridized carbons (Fsp3) is 0.400. The van der Waals surface area contributed by atoms with Gasteiger partial charge in [-0.2, -0.15) is 15.0 Å². The van der Waals surface area contributed by atoms with E-state index in [4.69, 9.17) is 0 Å². The summed E-state index contributed by atoms with van der Waals surface area (Å²) in [6.45, 7) is 5.26. The van der Waals surface area contributed by atoms with Crippen LogP contribution in [-0.4, -0.2) is 47.1 Å². The maximum atomic E-state index is 12.6. The maximum Gasteiger partial charge on any atom is 0.246 e. The predicted molar refractivity (Wildman–Crippen MR) is 82.4 cm³/mol. The van der Waals surface area contributed by atoms with Crippen molar-refractivity contribution in [2.24, 2.45) is 0 Å². The number of carbonyl (C=O) groups is 1. The van der Waals surface area contributed by atoms with E-state index in [1.807, 2.05) is 31.2 Å². The van der Waals surface area contributed by atoms with Crippen LogP contribution in [0.3, 0.4) is 0 Å². The van der Waals surface area contributed by atoms with Crippen molar-refractivity contribution < 1.29 is 4.79 Å². The molecule has 0 spiro atoms. The summed E-state index contributed by atoms with van der Waals surface area (Å²) in [5, 5.41) is 16.9. The first-order valence-corrected chi connectivity index (χ1v) is 7.60. The van der Waals surface area contributed by atoms with Crippen molar-refractivity contribution in [3.8, 4) is 0 Å². The molecule has 1 amide bonds. The Kier molecular flexibility index (Phi) is 3.10. The average molecular weight is 311 g/mol. The molecule has 1 aliphatic heterocycles. The van der Waals surface area contributed by atoms with E-state index < -0.39 is 0 Å². The highest BCUT2D eigenvalue weighted by atomic mass is 16.2. The third-order valence-corrected chi connectivity index (χ3v) is 4.15. The zero-order valence-electron chi connectivity index (χ0n) is 13.0. The van der Waals surface area contributed by atoms with Crippen molar-refractivity contribution in [2.75, 3.05) is 6.54 Å². The van der Waals surface area contributed by atoms with Crippen molar-refractivity contribution in [1.29, 1.82) is 0 Å². The topological polar surface area (TPSA) is 81.7 Å². The minimum atomic E-state index is -0.0101. The van der Waals surface area contributed by atoms with Gasteiger partial charge in [0.05, 0.1) is 12.6 Å². The van der Waals surface area contributed by atoms with Gasteiger partial charge in [-0.3, -0.25) is 4.79 Å². The zero-order valence-corrected chi connectivity index (χ0v) is 13.0. The van der Waals surface area contributed by atoms with Crippen LogP contribution in [-0.2, 0) is 17.9 Å². The number of fused-ring (bicyclic) bond motifs is 2. The highest BCUT2D eigenvalue weighted by Gasteiger charge is 2.28. The molecule has 3 heterocycles. The van der Waals surface area contributed by atoms with Crippen LogP contribution in [0, 0.1) is 6.92 Å². The molecule has 3 aromatic rings. The minimum Gasteiger partial charge on any atom is -0.331 e. The second-order valence-electron chi connectivity index (χ2n) is 5.88. The summed E-state index contributed by atoms with van der Waals surface area (Å²) in [4.78, 5) is 15.8. The smallest absolute Gasteiger partial charge is 0.246 e. The summed E-state index contributed by atoms with van der Waals surface area (Å²) < 4.78 is 2.09. The quantitative estimate of drug-likeness (QED) is 0.703. The van der Waals surface area contributed by atoms with Gasteiger partial charge in [-0.1, -0.05) is 12.1 Å². The average Bonchev–Trinajstić information content (AvgIpc) is 3.10. The Bertz CT molecular complexity index is 848. The first-order chi connectivity index (χ1) is 11.1. The number of nitrogens with zero attached hydrogens (tertiary/aromatic N) is 7. The number of hydrogen-bond acceptors (Lipinski definition) is 5. The third-order valence-electron chi connectivity index (χ3n) is 4.15. The van der Waals surface area contributed by atoms with E-state index in [1.165, 1.54) is 4.80 Å². The van der Waals surface area contributed by atoms with E-state index >= 15 is 0 Å². The standard InChI is InChI=1S/C15H17N7O/c1-10-7-20(8-14-17-16-11(2)22(10)14)15(23)9-21-18-12-5-3-4-6-13(12)19-21/h3-6,10H,7-9H2,1-2H3. The SMILES string of the molecule is Cc1nnc2n1C(C)CN(C(=O)Cn1nc3ccccc3n1)C2. The first-order valence-electron chi connectivity index (χ1n) is 7.60. The van der Waals surface area contributed by atoms with E-state index in [9.17, 15) is 4.79 Å². The van der Waals surface area contributed by atoms with Crippen LogP contribution in [0.5, 0.6) is 0 Å². The lowest BCUT2D eigenvalue weighted by atomic mass is 10.2. The molecular formula is C15H17N7O. The van der Waals surface area contributed by atoms with E-state index in [0.717, 1.165) is 22.7 Å². The van der Waals surface area contributed by atoms with Crippen molar-refractivity contribution in [2.45, 2.75) is 33.0 Å². The number of amides is 1. The molecule has 0 fully saturated rings. The molecule has 8 nitrogen and oxygen atoms in total. The van der Waals surface area contributed by atoms with Crippen LogP contribution in [0.2, 0.25) is 0 Å². The van der Waals surface area contributed by atoms with Crippen LogP contribution in [0.15, 0.2) is 24.3 Å². The second-order valence-corrected chi connectivity index (χ2v) is 5.88. The van der Waals surface area contributed by atoms with Gasteiger partial charge < -0.3 is 9.47 Å². The Labute approximate surface area is 132 Å². The summed E-state index contributed by atoms with van der Waals surface area (Å²) in [6, 6.07) is 7.76. The fourth-order valence-corrected chi connectivity index (χ4v) is 3.12. The number of benzene rings is 1. The summed E-state index contributed by atoms with van der Waals surface area (Å²) >= 11 is 0. The lowest BCUT2D eigenvalue weighted by Gasteiger charge is -2.32. The molecule has 23 heavy (non-hydrogen) atoms. The van der Waals surface area contributed by atoms with Crippen LogP contribution in [0.25, 0.3) is 11.0 Å². The van der Waals surface area contributed by atoms with Gasteiger partial charge in [-0.25, -0.2) is 0 Å². The van der Waals surface area contributed by atoms with Gasteiger partial charge in [-0.05, 0) is 26.0 Å². The number of aromatic nitrogens is 6. The van der Waals surface area contributed by atoms with E-state index in [1.54, 1.807) is 4.90 Å². The monoisotopic (exact) mass is 311 g/mol. The van der Waals surface area contributed by atoms with Crippen LogP contribution >= 0.6 is 0 Å². The van der Waals surface area contributed by atoms with Crippen molar-refractivity contribution in [3.05, 3.63) is 35.9 Å². The number of rotatable bonds is 2. The molecule has 0 radical (unpaired) electrons. The Morgan fingerprint density at radius 1 is 1.22 bits per heavy atom. The molecule has 0 aliphatic carbocycles. The summed E-state index contributed by atoms with van der Waals surface area (Å²) in [6.07, 6.45) is 0. The summed E-state index contributed by atoms with van der Waals surface area (Å²) in [5.74, 6) is 1.71. The Balaban J connectivity index is 1.53. The van der Waals surface area contributed by atoms with Crippen LogP contribution in [0.4, 0.5) is 0 Å². The van der Waals surface area contributed by atoms with Gasteiger partial charge in [0.2, 0.25) is 5.91 Å². The van der Waals surface area contributed by atoms with E-state index in [2.05, 4.69) is 31.9 Å². The molecule has 1 aromatic carbocycles. The van der Waals surface area contributed by atoms with Gasteiger partial charge in [-0.15, -0.1) is 10.2 Å². The molecule has 118 valence electrons. The molecule has 1 unspecified atom stereocenters. The number of aryl methyl sites for hydroxylation is 1. The Hall–Kier alpha value is -2.77. The van der Waals surface area contributed by atoms with Gasteiger partial charge in [0.25, 0.3) is 0 Å². The molecule has 0 N–H and O–H groups in total. The molecular weight excluding hydrogens is 294 g/mol. The minimum absolute atomic E-state index is 0.0101. The maximum absolute atomic E-state index is 12.6. The van der Waals surface area contributed by atoms with Crippen LogP contribution < -0.4 is 0 Å². The summed E-state index contributed by atoms with van der Waals surface area (Å²) in [5.41, 5.74) is 1.59. The lowest BCUT2D eigenvalue weighted by Crippen LogP contribution is -2.42. The molecule has 1 aliphatic rings. The molecule has 1 atom stereocenters. The molecule has 0 bridgehead atoms. The molecule has 0 saturated heterocycles. The van der Waals surface area contributed by atoms with Gasteiger partial charge in [0, 0.05) is 6.54 Å². The largest absolute Gasteiger partial charge is 0.331 e. The second kappa shape index (κ2) is 5.15. The normalized spacial score (nSPS) is 17.5.